The number of carbonyl (C=O) groups is 1. The Bertz CT molecular complexity index is 396. The smallest absolute Gasteiger partial charge is 0.225 e. The molecule has 2 aliphatic rings. The third-order valence-electron chi connectivity index (χ3n) is 4.76. The van der Waals surface area contributed by atoms with Gasteiger partial charge in [-0.1, -0.05) is 12.8 Å². The molecule has 1 saturated heterocycles. The van der Waals surface area contributed by atoms with E-state index in [1.54, 1.807) is 7.05 Å². The molecule has 132 valence electrons. The van der Waals surface area contributed by atoms with E-state index in [0.717, 1.165) is 58.1 Å². The highest BCUT2D eigenvalue weighted by atomic mass is 16.2. The van der Waals surface area contributed by atoms with Crippen LogP contribution in [0.1, 0.15) is 39.5 Å². The number of hydrogen-bond acceptors (Lipinski definition) is 3. The lowest BCUT2D eigenvalue weighted by Crippen LogP contribution is -2.52. The lowest BCUT2D eigenvalue weighted by Gasteiger charge is -2.36. The summed E-state index contributed by atoms with van der Waals surface area (Å²) in [4.78, 5) is 21.1. The van der Waals surface area contributed by atoms with Gasteiger partial charge < -0.3 is 15.5 Å². The average molecular weight is 323 g/mol. The highest BCUT2D eigenvalue weighted by molar-refractivity contribution is 5.80. The van der Waals surface area contributed by atoms with E-state index in [0.29, 0.717) is 17.9 Å². The van der Waals surface area contributed by atoms with Gasteiger partial charge in [-0.2, -0.15) is 0 Å². The lowest BCUT2D eigenvalue weighted by atomic mass is 10.1. The molecule has 2 rings (SSSR count). The summed E-state index contributed by atoms with van der Waals surface area (Å²) in [5.41, 5.74) is 0. The van der Waals surface area contributed by atoms with Crippen molar-refractivity contribution in [3.63, 3.8) is 0 Å². The number of guanidine groups is 1. The summed E-state index contributed by atoms with van der Waals surface area (Å²) in [6.07, 6.45) is 4.66. The molecule has 0 spiro atoms. The predicted molar refractivity (Wildman–Crippen MR) is 94.6 cm³/mol. The molecule has 1 amide bonds. The Balaban J connectivity index is 1.63. The Morgan fingerprint density at radius 2 is 1.83 bits per heavy atom. The third kappa shape index (κ3) is 5.68. The zero-order chi connectivity index (χ0) is 16.7. The number of hydrogen-bond donors (Lipinski definition) is 2. The van der Waals surface area contributed by atoms with Crippen molar-refractivity contribution in [3.8, 4) is 0 Å². The topological polar surface area (TPSA) is 60.0 Å². The van der Waals surface area contributed by atoms with Gasteiger partial charge in [0.1, 0.15) is 0 Å². The Hall–Kier alpha value is -1.30. The molecular weight excluding hydrogens is 290 g/mol. The van der Waals surface area contributed by atoms with Gasteiger partial charge >= 0.3 is 0 Å². The highest BCUT2D eigenvalue weighted by Gasteiger charge is 2.29. The second kappa shape index (κ2) is 9.11. The van der Waals surface area contributed by atoms with Gasteiger partial charge in [-0.05, 0) is 26.7 Å². The van der Waals surface area contributed by atoms with Gasteiger partial charge in [-0.25, -0.2) is 0 Å². The minimum Gasteiger partial charge on any atom is -0.355 e. The van der Waals surface area contributed by atoms with Crippen molar-refractivity contribution in [1.82, 2.24) is 20.4 Å². The van der Waals surface area contributed by atoms with Gasteiger partial charge in [0.25, 0.3) is 0 Å². The van der Waals surface area contributed by atoms with Gasteiger partial charge in [0.05, 0.1) is 0 Å². The molecule has 0 aromatic rings. The number of nitrogens with one attached hydrogen (secondary N) is 2. The summed E-state index contributed by atoms with van der Waals surface area (Å²) in [6, 6.07) is 0.381. The predicted octanol–water partition coefficient (Wildman–Crippen LogP) is 0.894. The molecule has 0 unspecified atom stereocenters. The van der Waals surface area contributed by atoms with Crippen LogP contribution >= 0.6 is 0 Å². The van der Waals surface area contributed by atoms with Crippen molar-refractivity contribution in [2.45, 2.75) is 45.6 Å². The van der Waals surface area contributed by atoms with E-state index in [4.69, 9.17) is 0 Å². The van der Waals surface area contributed by atoms with Crippen molar-refractivity contribution in [2.24, 2.45) is 10.9 Å². The van der Waals surface area contributed by atoms with Gasteiger partial charge in [-0.3, -0.25) is 14.7 Å². The largest absolute Gasteiger partial charge is 0.355 e. The van der Waals surface area contributed by atoms with Gasteiger partial charge in [0.2, 0.25) is 5.91 Å². The highest BCUT2D eigenvalue weighted by Crippen LogP contribution is 2.26. The van der Waals surface area contributed by atoms with Crippen molar-refractivity contribution in [3.05, 3.63) is 0 Å². The molecule has 1 aliphatic heterocycles. The van der Waals surface area contributed by atoms with Crippen LogP contribution in [0.3, 0.4) is 0 Å². The monoisotopic (exact) mass is 323 g/mol. The molecule has 0 bridgehead atoms. The Morgan fingerprint density at radius 1 is 1.17 bits per heavy atom. The van der Waals surface area contributed by atoms with Crippen LogP contribution in [-0.2, 0) is 4.79 Å². The van der Waals surface area contributed by atoms with Crippen molar-refractivity contribution in [1.29, 1.82) is 0 Å². The van der Waals surface area contributed by atoms with E-state index in [2.05, 4.69) is 39.3 Å². The maximum atomic E-state index is 12.4. The molecule has 1 heterocycles. The molecule has 23 heavy (non-hydrogen) atoms. The van der Waals surface area contributed by atoms with Gasteiger partial charge in [-0.15, -0.1) is 0 Å². The summed E-state index contributed by atoms with van der Waals surface area (Å²) >= 11 is 0. The molecule has 2 fully saturated rings. The van der Waals surface area contributed by atoms with E-state index in [1.807, 2.05) is 0 Å². The molecule has 6 nitrogen and oxygen atoms in total. The maximum Gasteiger partial charge on any atom is 0.225 e. The van der Waals surface area contributed by atoms with E-state index >= 15 is 0 Å². The van der Waals surface area contributed by atoms with Gasteiger partial charge in [0.15, 0.2) is 5.96 Å². The van der Waals surface area contributed by atoms with Gasteiger partial charge in [0, 0.05) is 58.3 Å². The zero-order valence-corrected chi connectivity index (χ0v) is 15.0. The Kier molecular flexibility index (Phi) is 7.15. The molecular formula is C17H33N5O. The SMILES string of the molecule is CN=C(NCCN1CCN(C(=O)C2CCCC2)CC1)NC(C)C. The maximum absolute atomic E-state index is 12.4. The fourth-order valence-corrected chi connectivity index (χ4v) is 3.42. The fraction of sp³-hybridized carbons (Fsp3) is 0.882. The lowest BCUT2D eigenvalue weighted by molar-refractivity contribution is -0.137. The van der Waals surface area contributed by atoms with Crippen molar-refractivity contribution < 1.29 is 4.79 Å². The zero-order valence-electron chi connectivity index (χ0n) is 15.0. The van der Waals surface area contributed by atoms with E-state index < -0.39 is 0 Å². The first-order valence-electron chi connectivity index (χ1n) is 9.08. The van der Waals surface area contributed by atoms with Crippen LogP contribution in [0, 0.1) is 5.92 Å². The minimum atomic E-state index is 0.314. The summed E-state index contributed by atoms with van der Waals surface area (Å²) < 4.78 is 0. The fourth-order valence-electron chi connectivity index (χ4n) is 3.42. The normalized spacial score (nSPS) is 21.0. The second-order valence-electron chi connectivity index (χ2n) is 6.95. The summed E-state index contributed by atoms with van der Waals surface area (Å²) in [7, 11) is 1.80. The quantitative estimate of drug-likeness (QED) is 0.583. The van der Waals surface area contributed by atoms with Crippen molar-refractivity contribution in [2.75, 3.05) is 46.3 Å². The number of carbonyl (C=O) groups excluding carboxylic acids is 1. The Labute approximate surface area is 140 Å². The third-order valence-corrected chi connectivity index (χ3v) is 4.76. The standard InChI is InChI=1S/C17H33N5O/c1-14(2)20-17(18-3)19-8-9-21-10-12-22(13-11-21)16(23)15-6-4-5-7-15/h14-15H,4-13H2,1-3H3,(H2,18,19,20). The van der Waals surface area contributed by atoms with Crippen LogP contribution in [-0.4, -0.2) is 74.0 Å². The second-order valence-corrected chi connectivity index (χ2v) is 6.95. The molecule has 0 aromatic carbocycles. The number of piperazine rings is 1. The molecule has 6 heteroatoms. The van der Waals surface area contributed by atoms with Crippen LogP contribution in [0.15, 0.2) is 4.99 Å². The van der Waals surface area contributed by atoms with Crippen LogP contribution in [0.5, 0.6) is 0 Å². The van der Waals surface area contributed by atoms with Crippen LogP contribution in [0.2, 0.25) is 0 Å². The molecule has 0 atom stereocenters. The minimum absolute atomic E-state index is 0.314. The number of rotatable bonds is 5. The first-order valence-corrected chi connectivity index (χ1v) is 9.08. The molecule has 2 N–H and O–H groups in total. The molecule has 1 aliphatic carbocycles. The summed E-state index contributed by atoms with van der Waals surface area (Å²) in [6.45, 7) is 9.81. The van der Waals surface area contributed by atoms with Crippen LogP contribution in [0.4, 0.5) is 0 Å². The first-order chi connectivity index (χ1) is 11.1. The van der Waals surface area contributed by atoms with Crippen LogP contribution in [0.25, 0.3) is 0 Å². The molecule has 0 radical (unpaired) electrons. The number of nitrogens with zero attached hydrogens (tertiary/aromatic N) is 3. The van der Waals surface area contributed by atoms with E-state index in [-0.39, 0.29) is 0 Å². The first kappa shape index (κ1) is 18.0. The Morgan fingerprint density at radius 3 is 2.39 bits per heavy atom. The molecule has 1 saturated carbocycles. The van der Waals surface area contributed by atoms with Crippen molar-refractivity contribution >= 4 is 11.9 Å². The van der Waals surface area contributed by atoms with Crippen LogP contribution < -0.4 is 10.6 Å². The molecule has 0 aromatic heterocycles. The van der Waals surface area contributed by atoms with E-state index in [9.17, 15) is 4.79 Å². The van der Waals surface area contributed by atoms with E-state index in [1.165, 1.54) is 12.8 Å². The average Bonchev–Trinajstić information content (AvgIpc) is 3.08. The number of amides is 1. The summed E-state index contributed by atoms with van der Waals surface area (Å²) in [5, 5.41) is 6.63. The summed E-state index contributed by atoms with van der Waals surface area (Å²) in [5.74, 6) is 1.57. The number of aliphatic imine (C=N–C) groups is 1.